The number of rotatable bonds is 2. The first-order valence-electron chi connectivity index (χ1n) is 4.17. The van der Waals surface area contributed by atoms with Gasteiger partial charge in [-0.2, -0.15) is 0 Å². The van der Waals surface area contributed by atoms with E-state index in [1.54, 1.807) is 17.2 Å². The first-order valence-corrected chi connectivity index (χ1v) is 4.17. The van der Waals surface area contributed by atoms with Crippen LogP contribution in [-0.2, 0) is 0 Å². The van der Waals surface area contributed by atoms with E-state index in [1.165, 1.54) is 6.92 Å². The van der Waals surface area contributed by atoms with E-state index in [0.717, 1.165) is 13.1 Å². The third kappa shape index (κ3) is 1.47. The molecule has 0 bridgehead atoms. The van der Waals surface area contributed by atoms with E-state index in [9.17, 15) is 9.59 Å². The number of ketones is 1. The Labute approximate surface area is 75.5 Å². The normalized spacial score (nSPS) is 14.4. The van der Waals surface area contributed by atoms with Gasteiger partial charge in [0.1, 0.15) is 5.69 Å². The smallest absolute Gasteiger partial charge is 0.270 e. The van der Waals surface area contributed by atoms with Crippen molar-refractivity contribution < 1.29 is 9.59 Å². The summed E-state index contributed by atoms with van der Waals surface area (Å²) in [5, 5.41) is 0. The van der Waals surface area contributed by atoms with Gasteiger partial charge >= 0.3 is 0 Å². The predicted molar refractivity (Wildman–Crippen MR) is 46.7 cm³/mol. The average molecular weight is 178 g/mol. The Hall–Kier alpha value is -1.58. The number of nitrogens with one attached hydrogen (secondary N) is 1. The van der Waals surface area contributed by atoms with E-state index in [0.29, 0.717) is 11.3 Å². The fraction of sp³-hybridized carbons (Fsp3) is 0.333. The van der Waals surface area contributed by atoms with Gasteiger partial charge in [0.2, 0.25) is 0 Å². The molecule has 0 unspecified atom stereocenters. The number of aromatic amines is 1. The lowest BCUT2D eigenvalue weighted by molar-refractivity contribution is 0.0880. The molecule has 0 saturated carbocycles. The Morgan fingerprint density at radius 3 is 2.62 bits per heavy atom. The molecule has 2 rings (SSSR count). The maximum Gasteiger partial charge on any atom is 0.270 e. The predicted octanol–water partition coefficient (Wildman–Crippen LogP) is 0.673. The minimum atomic E-state index is -0.0268. The monoisotopic (exact) mass is 178 g/mol. The molecule has 68 valence electrons. The van der Waals surface area contributed by atoms with Gasteiger partial charge in [0, 0.05) is 24.8 Å². The highest BCUT2D eigenvalue weighted by molar-refractivity contribution is 5.99. The summed E-state index contributed by atoms with van der Waals surface area (Å²) in [7, 11) is 0. The Bertz CT molecular complexity index is 363. The largest absolute Gasteiger partial charge is 0.356 e. The molecule has 1 N–H and O–H groups in total. The van der Waals surface area contributed by atoms with E-state index >= 15 is 0 Å². The summed E-state index contributed by atoms with van der Waals surface area (Å²) < 4.78 is 0. The molecule has 1 aliphatic rings. The maximum atomic E-state index is 11.4. The van der Waals surface area contributed by atoms with Crippen molar-refractivity contribution in [2.24, 2.45) is 0 Å². The number of aromatic nitrogens is 1. The van der Waals surface area contributed by atoms with Crippen LogP contribution in [0.1, 0.15) is 27.8 Å². The molecule has 1 aromatic heterocycles. The maximum absolute atomic E-state index is 11.4. The Balaban J connectivity index is 2.21. The molecule has 1 amide bonds. The Morgan fingerprint density at radius 2 is 2.15 bits per heavy atom. The highest BCUT2D eigenvalue weighted by atomic mass is 16.2. The van der Waals surface area contributed by atoms with Crippen molar-refractivity contribution in [1.82, 2.24) is 9.88 Å². The van der Waals surface area contributed by atoms with Gasteiger partial charge in [-0.1, -0.05) is 0 Å². The molecule has 1 aromatic rings. The van der Waals surface area contributed by atoms with Crippen LogP contribution in [0.25, 0.3) is 0 Å². The summed E-state index contributed by atoms with van der Waals surface area (Å²) in [6.45, 7) is 3.13. The zero-order valence-electron chi connectivity index (χ0n) is 7.33. The topological polar surface area (TPSA) is 52.9 Å². The van der Waals surface area contributed by atoms with Gasteiger partial charge < -0.3 is 9.88 Å². The van der Waals surface area contributed by atoms with Crippen LogP contribution >= 0.6 is 0 Å². The molecule has 0 radical (unpaired) electrons. The highest BCUT2D eigenvalue weighted by Gasteiger charge is 2.26. The molecule has 1 fully saturated rings. The lowest BCUT2D eigenvalue weighted by atomic mass is 10.2. The Kier molecular flexibility index (Phi) is 1.69. The molecule has 0 aromatic carbocycles. The first-order chi connectivity index (χ1) is 6.18. The summed E-state index contributed by atoms with van der Waals surface area (Å²) in [6, 6.07) is 1.60. The zero-order chi connectivity index (χ0) is 9.42. The van der Waals surface area contributed by atoms with Crippen LogP contribution in [0, 0.1) is 0 Å². The van der Waals surface area contributed by atoms with E-state index < -0.39 is 0 Å². The van der Waals surface area contributed by atoms with Crippen LogP contribution in [0.3, 0.4) is 0 Å². The van der Waals surface area contributed by atoms with Crippen molar-refractivity contribution in [3.05, 3.63) is 23.5 Å². The lowest BCUT2D eigenvalue weighted by Crippen LogP contribution is -2.10. The van der Waals surface area contributed by atoms with Gasteiger partial charge in [-0.05, 0) is 13.0 Å². The molecule has 4 nitrogen and oxygen atoms in total. The van der Waals surface area contributed by atoms with Gasteiger partial charge in [-0.3, -0.25) is 9.59 Å². The van der Waals surface area contributed by atoms with Crippen LogP contribution in [0.2, 0.25) is 0 Å². The molecule has 0 aliphatic carbocycles. The fourth-order valence-corrected chi connectivity index (χ4v) is 1.14. The van der Waals surface area contributed by atoms with Gasteiger partial charge in [-0.15, -0.1) is 0 Å². The van der Waals surface area contributed by atoms with Crippen LogP contribution in [0.4, 0.5) is 0 Å². The third-order valence-corrected chi connectivity index (χ3v) is 2.05. The molecule has 0 spiro atoms. The molecule has 1 saturated heterocycles. The SMILES string of the molecule is CC(=O)c1c[nH]c(C(=O)N2CC2)c1. The van der Waals surface area contributed by atoms with Gasteiger partial charge in [0.25, 0.3) is 5.91 Å². The summed E-state index contributed by atoms with van der Waals surface area (Å²) in [6.07, 6.45) is 1.57. The fourth-order valence-electron chi connectivity index (χ4n) is 1.14. The van der Waals surface area contributed by atoms with Crippen LogP contribution < -0.4 is 0 Å². The number of H-pyrrole nitrogens is 1. The second-order valence-corrected chi connectivity index (χ2v) is 3.15. The minimum Gasteiger partial charge on any atom is -0.356 e. The summed E-state index contributed by atoms with van der Waals surface area (Å²) in [5.41, 5.74) is 1.06. The molecule has 4 heteroatoms. The van der Waals surface area contributed by atoms with Crippen LogP contribution in [0.15, 0.2) is 12.3 Å². The summed E-state index contributed by atoms with van der Waals surface area (Å²) in [4.78, 5) is 26.8. The van der Waals surface area contributed by atoms with Gasteiger partial charge in [0.15, 0.2) is 5.78 Å². The molecule has 1 aliphatic heterocycles. The molecular formula is C9H10N2O2. The lowest BCUT2D eigenvalue weighted by Gasteiger charge is -1.95. The first kappa shape index (κ1) is 8.04. The second kappa shape index (κ2) is 2.73. The van der Waals surface area contributed by atoms with Crippen molar-refractivity contribution >= 4 is 11.7 Å². The standard InChI is InChI=1S/C9H10N2O2/c1-6(12)7-4-8(10-5-7)9(13)11-2-3-11/h4-5,10H,2-3H2,1H3. The Morgan fingerprint density at radius 1 is 1.46 bits per heavy atom. The number of carbonyl (C=O) groups excluding carboxylic acids is 2. The average Bonchev–Trinajstić information content (AvgIpc) is 2.81. The number of nitrogens with zero attached hydrogens (tertiary/aromatic N) is 1. The quantitative estimate of drug-likeness (QED) is 0.534. The van der Waals surface area contributed by atoms with Crippen molar-refractivity contribution in [1.29, 1.82) is 0 Å². The number of amides is 1. The third-order valence-electron chi connectivity index (χ3n) is 2.05. The van der Waals surface area contributed by atoms with Crippen molar-refractivity contribution in [2.45, 2.75) is 6.92 Å². The highest BCUT2D eigenvalue weighted by Crippen LogP contribution is 2.12. The van der Waals surface area contributed by atoms with Crippen molar-refractivity contribution in [2.75, 3.05) is 13.1 Å². The van der Waals surface area contributed by atoms with Crippen LogP contribution in [-0.4, -0.2) is 34.7 Å². The number of carbonyl (C=O) groups is 2. The summed E-state index contributed by atoms with van der Waals surface area (Å²) >= 11 is 0. The van der Waals surface area contributed by atoms with Crippen LogP contribution in [0.5, 0.6) is 0 Å². The van der Waals surface area contributed by atoms with E-state index in [2.05, 4.69) is 4.98 Å². The number of Topliss-reactive ketones (excluding diaryl/α,β-unsaturated/α-hetero) is 1. The van der Waals surface area contributed by atoms with E-state index in [4.69, 9.17) is 0 Å². The van der Waals surface area contributed by atoms with Crippen molar-refractivity contribution in [3.8, 4) is 0 Å². The van der Waals surface area contributed by atoms with Gasteiger partial charge in [-0.25, -0.2) is 0 Å². The zero-order valence-corrected chi connectivity index (χ0v) is 7.33. The summed E-state index contributed by atoms with van der Waals surface area (Å²) in [5.74, 6) is -0.0476. The van der Waals surface area contributed by atoms with E-state index in [1.807, 2.05) is 0 Å². The second-order valence-electron chi connectivity index (χ2n) is 3.15. The molecular weight excluding hydrogens is 168 g/mol. The van der Waals surface area contributed by atoms with Gasteiger partial charge in [0.05, 0.1) is 0 Å². The van der Waals surface area contributed by atoms with E-state index in [-0.39, 0.29) is 11.7 Å². The molecule has 0 atom stereocenters. The molecule has 2 heterocycles. The number of hydrogen-bond donors (Lipinski definition) is 1. The number of hydrogen-bond acceptors (Lipinski definition) is 2. The van der Waals surface area contributed by atoms with Crippen molar-refractivity contribution in [3.63, 3.8) is 0 Å². The minimum absolute atomic E-state index is 0.0208. The molecule has 13 heavy (non-hydrogen) atoms.